The molecule has 4 N–H and O–H groups in total. The van der Waals surface area contributed by atoms with Gasteiger partial charge in [0, 0.05) is 0 Å². The molecular formula is C12H27O4P2S2+. The lowest BCUT2D eigenvalue weighted by molar-refractivity contribution is 0.0749. The highest BCUT2D eigenvalue weighted by molar-refractivity contribution is 8.97. The van der Waals surface area contributed by atoms with Crippen molar-refractivity contribution in [1.29, 1.82) is 0 Å². The molecule has 0 bridgehead atoms. The largest absolute Gasteiger partial charge is 0.382 e. The Morgan fingerprint density at radius 3 is 1.80 bits per heavy atom. The second kappa shape index (κ2) is 7.79. The van der Waals surface area contributed by atoms with Gasteiger partial charge in [-0.15, -0.1) is 0 Å². The van der Waals surface area contributed by atoms with Gasteiger partial charge in [0.1, 0.15) is 11.7 Å². The standard InChI is InChI=1S/C12H26O4P2S2/c1-5-7(3)17-9(13)11(15)18(20-19,8(4)6-2)12(16)10(17)14/h7-16H,5-6H2,1-4H3/p+1. The van der Waals surface area contributed by atoms with Crippen LogP contribution in [-0.2, 0) is 0 Å². The van der Waals surface area contributed by atoms with Crippen molar-refractivity contribution in [2.24, 2.45) is 0 Å². The molecule has 4 nitrogen and oxygen atoms in total. The Hall–Kier alpha value is 1.40. The molecule has 120 valence electrons. The highest BCUT2D eigenvalue weighted by Gasteiger charge is 2.67. The van der Waals surface area contributed by atoms with Gasteiger partial charge in [-0.05, 0) is 33.3 Å². The van der Waals surface area contributed by atoms with Gasteiger partial charge in [0.2, 0.25) is 11.7 Å². The Bertz CT molecular complexity index is 308. The summed E-state index contributed by atoms with van der Waals surface area (Å²) >= 11 is 4.28. The molecule has 0 aromatic heterocycles. The number of hydrogen-bond donors (Lipinski definition) is 5. The maximum Gasteiger partial charge on any atom is 0.208 e. The summed E-state index contributed by atoms with van der Waals surface area (Å²) in [6.45, 7) is 5.46. The van der Waals surface area contributed by atoms with Crippen molar-refractivity contribution in [2.45, 2.75) is 75.2 Å². The minimum absolute atomic E-state index is 0.0355. The molecule has 20 heavy (non-hydrogen) atoms. The Balaban J connectivity index is 3.21. The fourth-order valence-corrected chi connectivity index (χ4v) is 16.4. The van der Waals surface area contributed by atoms with Crippen LogP contribution in [0.1, 0.15) is 40.5 Å². The predicted octanol–water partition coefficient (Wildman–Crippen LogP) is 2.86. The van der Waals surface area contributed by atoms with Gasteiger partial charge in [-0.3, -0.25) is 0 Å². The van der Waals surface area contributed by atoms with Crippen LogP contribution < -0.4 is 0 Å². The average Bonchev–Trinajstić information content (AvgIpc) is 2.45. The third kappa shape index (κ3) is 3.05. The van der Waals surface area contributed by atoms with E-state index in [0.29, 0.717) is 0 Å². The summed E-state index contributed by atoms with van der Waals surface area (Å²) in [6.07, 6.45) is 1.58. The summed E-state index contributed by atoms with van der Waals surface area (Å²) in [5, 5.41) is 42.4. The first-order valence-electron chi connectivity index (χ1n) is 7.00. The molecule has 0 aromatic carbocycles. The molecule has 0 aromatic rings. The summed E-state index contributed by atoms with van der Waals surface area (Å²) in [4.78, 5) is 0. The lowest BCUT2D eigenvalue weighted by atomic mass is 10.4. The van der Waals surface area contributed by atoms with Gasteiger partial charge in [-0.2, -0.15) is 0 Å². The molecule has 6 atom stereocenters. The highest BCUT2D eigenvalue weighted by atomic mass is 33.3. The zero-order valence-electron chi connectivity index (χ0n) is 12.4. The second-order valence-electron chi connectivity index (χ2n) is 5.46. The number of rotatable bonds is 5. The molecule has 1 aliphatic heterocycles. The van der Waals surface area contributed by atoms with Crippen molar-refractivity contribution in [1.82, 2.24) is 0 Å². The van der Waals surface area contributed by atoms with E-state index in [1.807, 2.05) is 27.7 Å². The van der Waals surface area contributed by atoms with E-state index in [4.69, 9.17) is 0 Å². The van der Waals surface area contributed by atoms with Gasteiger partial charge in [-0.25, -0.2) is 0 Å². The van der Waals surface area contributed by atoms with Crippen LogP contribution in [0.25, 0.3) is 0 Å². The van der Waals surface area contributed by atoms with Crippen molar-refractivity contribution < 1.29 is 20.4 Å². The van der Waals surface area contributed by atoms with E-state index in [9.17, 15) is 20.4 Å². The van der Waals surface area contributed by atoms with Crippen LogP contribution in [0.4, 0.5) is 0 Å². The minimum Gasteiger partial charge on any atom is -0.382 e. The van der Waals surface area contributed by atoms with Crippen LogP contribution >= 0.6 is 36.5 Å². The molecule has 0 spiro atoms. The van der Waals surface area contributed by atoms with Crippen molar-refractivity contribution in [2.75, 3.05) is 0 Å². The van der Waals surface area contributed by atoms with Gasteiger partial charge in [0.15, 0.2) is 6.46 Å². The molecule has 1 saturated heterocycles. The molecule has 1 rings (SSSR count). The quantitative estimate of drug-likeness (QED) is 0.296. The number of aliphatic hydroxyl groups is 4. The molecule has 1 heterocycles. The summed E-state index contributed by atoms with van der Waals surface area (Å²) < 4.78 is 0. The normalized spacial score (nSPS) is 45.1. The second-order valence-corrected chi connectivity index (χ2v) is 15.8. The molecular weight excluding hydrogens is 334 g/mol. The van der Waals surface area contributed by atoms with Crippen LogP contribution in [0.5, 0.6) is 0 Å². The third-order valence-corrected chi connectivity index (χ3v) is 18.1. The van der Waals surface area contributed by atoms with Crippen LogP contribution in [0.15, 0.2) is 0 Å². The van der Waals surface area contributed by atoms with Crippen molar-refractivity contribution >= 4 is 36.5 Å². The molecule has 0 amide bonds. The van der Waals surface area contributed by atoms with Crippen molar-refractivity contribution in [3.8, 4) is 0 Å². The summed E-state index contributed by atoms with van der Waals surface area (Å²) in [6, 6.07) is 0. The SMILES string of the molecule is CCC(C)P1C(O)C(O)[P+](SS)(C(C)CC)C(O)C1O. The van der Waals surface area contributed by atoms with Crippen molar-refractivity contribution in [3.63, 3.8) is 0 Å². The maximum atomic E-state index is 10.7. The van der Waals surface area contributed by atoms with Gasteiger partial charge >= 0.3 is 0 Å². The number of thiol groups is 1. The van der Waals surface area contributed by atoms with E-state index in [0.717, 1.165) is 12.8 Å². The lowest BCUT2D eigenvalue weighted by Gasteiger charge is -2.48. The summed E-state index contributed by atoms with van der Waals surface area (Å²) in [7, 11) is -0.0697. The Morgan fingerprint density at radius 2 is 1.50 bits per heavy atom. The topological polar surface area (TPSA) is 80.9 Å². The van der Waals surface area contributed by atoms with Crippen LogP contribution in [0.3, 0.4) is 0 Å². The number of hydrogen-bond acceptors (Lipinski definition) is 6. The Kier molecular flexibility index (Phi) is 7.57. The lowest BCUT2D eigenvalue weighted by Crippen LogP contribution is -2.48. The molecule has 1 aliphatic rings. The summed E-state index contributed by atoms with van der Waals surface area (Å²) in [5.74, 6) is -3.84. The van der Waals surface area contributed by atoms with E-state index in [-0.39, 0.29) is 11.3 Å². The molecule has 0 saturated carbocycles. The highest BCUT2D eigenvalue weighted by Crippen LogP contribution is 2.86. The first-order chi connectivity index (χ1) is 9.29. The molecule has 6 unspecified atom stereocenters. The van der Waals surface area contributed by atoms with Gasteiger partial charge in [0.05, 0.1) is 16.1 Å². The third-order valence-electron chi connectivity index (χ3n) is 4.49. The van der Waals surface area contributed by atoms with Crippen LogP contribution in [0.2, 0.25) is 0 Å². The Labute approximate surface area is 132 Å². The molecule has 1 fully saturated rings. The van der Waals surface area contributed by atoms with E-state index in [2.05, 4.69) is 11.7 Å². The number of aliphatic hydroxyl groups excluding tert-OH is 4. The predicted molar refractivity (Wildman–Crippen MR) is 94.0 cm³/mol. The molecule has 8 heteroatoms. The molecule has 0 radical (unpaired) electrons. The van der Waals surface area contributed by atoms with E-state index >= 15 is 0 Å². The van der Waals surface area contributed by atoms with Gasteiger partial charge in [0.25, 0.3) is 0 Å². The monoisotopic (exact) mass is 361 g/mol. The van der Waals surface area contributed by atoms with Crippen molar-refractivity contribution in [3.05, 3.63) is 0 Å². The summed E-state index contributed by atoms with van der Waals surface area (Å²) in [5.41, 5.74) is 0.136. The van der Waals surface area contributed by atoms with Crippen LogP contribution in [0, 0.1) is 0 Å². The van der Waals surface area contributed by atoms with Gasteiger partial charge < -0.3 is 20.4 Å². The fourth-order valence-electron chi connectivity index (χ4n) is 2.75. The van der Waals surface area contributed by atoms with E-state index in [1.165, 1.54) is 10.4 Å². The van der Waals surface area contributed by atoms with E-state index in [1.54, 1.807) is 0 Å². The Morgan fingerprint density at radius 1 is 1.05 bits per heavy atom. The van der Waals surface area contributed by atoms with E-state index < -0.39 is 37.8 Å². The average molecular weight is 361 g/mol. The molecule has 0 aliphatic carbocycles. The fraction of sp³-hybridized carbons (Fsp3) is 1.00. The smallest absolute Gasteiger partial charge is 0.208 e. The minimum atomic E-state index is -2.44. The first kappa shape index (κ1) is 19.4. The maximum absolute atomic E-state index is 10.7. The zero-order chi connectivity index (χ0) is 15.7. The van der Waals surface area contributed by atoms with Crippen LogP contribution in [-0.4, -0.2) is 55.1 Å². The zero-order valence-corrected chi connectivity index (χ0v) is 15.9. The van der Waals surface area contributed by atoms with Gasteiger partial charge in [-0.1, -0.05) is 32.4 Å². The first-order valence-corrected chi connectivity index (χ1v) is 13.0.